The van der Waals surface area contributed by atoms with Gasteiger partial charge in [-0.2, -0.15) is 0 Å². The quantitative estimate of drug-likeness (QED) is 0.349. The van der Waals surface area contributed by atoms with Crippen molar-refractivity contribution < 1.29 is 33.5 Å². The molecular weight excluding hydrogens is 434 g/mol. The monoisotopic (exact) mass is 457 g/mol. The minimum atomic E-state index is -0.759. The van der Waals surface area contributed by atoms with Crippen LogP contribution in [0.25, 0.3) is 0 Å². The number of esters is 1. The number of fused-ring (bicyclic) bond motifs is 1. The standard InChI is InChI=1S/C22H23N3O8/c1-14-5-2-3-6-15(14)22(28)23-8-7-21(27)33-13-20(26)24-16-11-18-19(12-17(16)25(29)30)32-10-4-9-31-18/h2-3,5-6,11-12H,4,7-10,13H2,1H3,(H,23,28)(H,24,26). The third-order valence-electron chi connectivity index (χ3n) is 4.71. The van der Waals surface area contributed by atoms with Crippen molar-refractivity contribution in [3.05, 3.63) is 57.6 Å². The molecule has 0 spiro atoms. The van der Waals surface area contributed by atoms with Crippen LogP contribution in [0.1, 0.15) is 28.8 Å². The van der Waals surface area contributed by atoms with Gasteiger partial charge >= 0.3 is 5.97 Å². The first-order valence-electron chi connectivity index (χ1n) is 10.2. The number of anilines is 1. The second-order valence-corrected chi connectivity index (χ2v) is 7.15. The third kappa shape index (κ3) is 6.42. The summed E-state index contributed by atoms with van der Waals surface area (Å²) in [5.74, 6) is -1.29. The van der Waals surface area contributed by atoms with Gasteiger partial charge in [0.25, 0.3) is 17.5 Å². The number of amides is 2. The van der Waals surface area contributed by atoms with Crippen LogP contribution in [0.3, 0.4) is 0 Å². The lowest BCUT2D eigenvalue weighted by atomic mass is 10.1. The highest BCUT2D eigenvalue weighted by molar-refractivity contribution is 5.96. The van der Waals surface area contributed by atoms with E-state index in [1.807, 2.05) is 6.07 Å². The molecule has 2 N–H and O–H groups in total. The summed E-state index contributed by atoms with van der Waals surface area (Å²) >= 11 is 0. The number of benzene rings is 2. The zero-order valence-corrected chi connectivity index (χ0v) is 17.9. The molecule has 11 nitrogen and oxygen atoms in total. The Hall–Kier alpha value is -4.15. The first kappa shape index (κ1) is 23.5. The zero-order valence-electron chi connectivity index (χ0n) is 17.9. The maximum atomic E-state index is 12.2. The van der Waals surface area contributed by atoms with Crippen LogP contribution in [0.5, 0.6) is 11.5 Å². The number of aryl methyl sites for hydroxylation is 1. The smallest absolute Gasteiger partial charge is 0.308 e. The fourth-order valence-electron chi connectivity index (χ4n) is 3.05. The van der Waals surface area contributed by atoms with Crippen LogP contribution in [-0.2, 0) is 14.3 Å². The summed E-state index contributed by atoms with van der Waals surface area (Å²) in [5.41, 5.74) is 0.828. The largest absolute Gasteiger partial charge is 0.489 e. The Kier molecular flexibility index (Phi) is 7.79. The van der Waals surface area contributed by atoms with E-state index in [1.165, 1.54) is 12.1 Å². The van der Waals surface area contributed by atoms with Crippen LogP contribution in [-0.4, -0.2) is 49.1 Å². The Morgan fingerprint density at radius 3 is 2.52 bits per heavy atom. The molecule has 0 radical (unpaired) electrons. The highest BCUT2D eigenvalue weighted by atomic mass is 16.6. The van der Waals surface area contributed by atoms with Gasteiger partial charge in [-0.25, -0.2) is 0 Å². The molecule has 0 aliphatic carbocycles. The molecule has 0 bridgehead atoms. The number of nitro benzene ring substituents is 1. The van der Waals surface area contributed by atoms with Gasteiger partial charge in [-0.3, -0.25) is 24.5 Å². The lowest BCUT2D eigenvalue weighted by Gasteiger charge is -2.11. The molecule has 2 aromatic rings. The number of ether oxygens (including phenoxy) is 3. The Bertz CT molecular complexity index is 1070. The van der Waals surface area contributed by atoms with E-state index in [0.29, 0.717) is 25.2 Å². The summed E-state index contributed by atoms with van der Waals surface area (Å²) < 4.78 is 15.8. The first-order valence-corrected chi connectivity index (χ1v) is 10.2. The number of carbonyl (C=O) groups excluding carboxylic acids is 3. The Morgan fingerprint density at radius 2 is 1.82 bits per heavy atom. The Labute approximate surface area is 189 Å². The summed E-state index contributed by atoms with van der Waals surface area (Å²) in [6.07, 6.45) is 0.473. The van der Waals surface area contributed by atoms with Crippen molar-refractivity contribution in [1.29, 1.82) is 0 Å². The fraction of sp³-hybridized carbons (Fsp3) is 0.318. The first-order chi connectivity index (χ1) is 15.8. The summed E-state index contributed by atoms with van der Waals surface area (Å²) in [7, 11) is 0. The third-order valence-corrected chi connectivity index (χ3v) is 4.71. The minimum Gasteiger partial charge on any atom is -0.489 e. The molecule has 0 fully saturated rings. The van der Waals surface area contributed by atoms with Gasteiger partial charge < -0.3 is 24.8 Å². The fourth-order valence-corrected chi connectivity index (χ4v) is 3.05. The van der Waals surface area contributed by atoms with Crippen molar-refractivity contribution in [3.8, 4) is 11.5 Å². The van der Waals surface area contributed by atoms with E-state index in [1.54, 1.807) is 25.1 Å². The zero-order chi connectivity index (χ0) is 23.8. The molecule has 0 unspecified atom stereocenters. The van der Waals surface area contributed by atoms with Crippen LogP contribution in [0, 0.1) is 17.0 Å². The lowest BCUT2D eigenvalue weighted by molar-refractivity contribution is -0.384. The summed E-state index contributed by atoms with van der Waals surface area (Å²) in [4.78, 5) is 46.9. The predicted octanol–water partition coefficient (Wildman–Crippen LogP) is 2.37. The maximum absolute atomic E-state index is 12.2. The molecule has 1 aliphatic rings. The van der Waals surface area contributed by atoms with Gasteiger partial charge in [0, 0.05) is 24.6 Å². The van der Waals surface area contributed by atoms with E-state index in [9.17, 15) is 24.5 Å². The van der Waals surface area contributed by atoms with Crippen LogP contribution in [0.2, 0.25) is 0 Å². The van der Waals surface area contributed by atoms with Gasteiger partial charge in [-0.15, -0.1) is 0 Å². The van der Waals surface area contributed by atoms with Crippen molar-refractivity contribution in [2.75, 3.05) is 31.7 Å². The van der Waals surface area contributed by atoms with Crippen LogP contribution >= 0.6 is 0 Å². The molecule has 33 heavy (non-hydrogen) atoms. The topological polar surface area (TPSA) is 146 Å². The van der Waals surface area contributed by atoms with E-state index in [4.69, 9.17) is 14.2 Å². The van der Waals surface area contributed by atoms with Crippen LogP contribution in [0.4, 0.5) is 11.4 Å². The van der Waals surface area contributed by atoms with Crippen LogP contribution in [0.15, 0.2) is 36.4 Å². The molecular formula is C22H23N3O8. The van der Waals surface area contributed by atoms with E-state index >= 15 is 0 Å². The van der Waals surface area contributed by atoms with Gasteiger partial charge in [0.1, 0.15) is 5.69 Å². The maximum Gasteiger partial charge on any atom is 0.308 e. The molecule has 2 aromatic carbocycles. The highest BCUT2D eigenvalue weighted by Crippen LogP contribution is 2.39. The van der Waals surface area contributed by atoms with Crippen molar-refractivity contribution >= 4 is 29.2 Å². The summed E-state index contributed by atoms with van der Waals surface area (Å²) in [6, 6.07) is 9.51. The molecule has 0 saturated carbocycles. The van der Waals surface area contributed by atoms with E-state index in [2.05, 4.69) is 10.6 Å². The molecule has 1 aliphatic heterocycles. The normalized spacial score (nSPS) is 12.3. The average molecular weight is 457 g/mol. The van der Waals surface area contributed by atoms with Gasteiger partial charge in [0.05, 0.1) is 30.6 Å². The van der Waals surface area contributed by atoms with Crippen molar-refractivity contribution in [1.82, 2.24) is 5.32 Å². The van der Waals surface area contributed by atoms with E-state index in [-0.39, 0.29) is 41.7 Å². The number of nitrogens with zero attached hydrogens (tertiary/aromatic N) is 1. The highest BCUT2D eigenvalue weighted by Gasteiger charge is 2.23. The molecule has 174 valence electrons. The average Bonchev–Trinajstić information content (AvgIpc) is 3.02. The van der Waals surface area contributed by atoms with Gasteiger partial charge in [-0.05, 0) is 18.6 Å². The van der Waals surface area contributed by atoms with E-state index in [0.717, 1.165) is 5.56 Å². The number of nitrogens with one attached hydrogen (secondary N) is 2. The summed E-state index contributed by atoms with van der Waals surface area (Å²) in [5, 5.41) is 16.3. The number of hydrogen-bond donors (Lipinski definition) is 2. The molecule has 0 aromatic heterocycles. The van der Waals surface area contributed by atoms with Crippen molar-refractivity contribution in [3.63, 3.8) is 0 Å². The number of rotatable bonds is 8. The Balaban J connectivity index is 1.49. The minimum absolute atomic E-state index is 0.0290. The van der Waals surface area contributed by atoms with Gasteiger partial charge in [0.2, 0.25) is 0 Å². The summed E-state index contributed by atoms with van der Waals surface area (Å²) in [6.45, 7) is 1.92. The number of carbonyl (C=O) groups is 3. The lowest BCUT2D eigenvalue weighted by Crippen LogP contribution is -2.28. The number of nitro groups is 1. The van der Waals surface area contributed by atoms with Crippen molar-refractivity contribution in [2.45, 2.75) is 19.8 Å². The molecule has 11 heteroatoms. The molecule has 3 rings (SSSR count). The molecule has 1 heterocycles. The van der Waals surface area contributed by atoms with Gasteiger partial charge in [-0.1, -0.05) is 18.2 Å². The number of hydrogen-bond acceptors (Lipinski definition) is 8. The van der Waals surface area contributed by atoms with Gasteiger partial charge in [0.15, 0.2) is 18.1 Å². The van der Waals surface area contributed by atoms with E-state index < -0.39 is 23.4 Å². The second kappa shape index (κ2) is 10.9. The molecule has 0 atom stereocenters. The molecule has 2 amide bonds. The van der Waals surface area contributed by atoms with Crippen LogP contribution < -0.4 is 20.1 Å². The molecule has 0 saturated heterocycles. The van der Waals surface area contributed by atoms with Crippen molar-refractivity contribution in [2.24, 2.45) is 0 Å². The second-order valence-electron chi connectivity index (χ2n) is 7.15. The Morgan fingerprint density at radius 1 is 1.12 bits per heavy atom. The SMILES string of the molecule is Cc1ccccc1C(=O)NCCC(=O)OCC(=O)Nc1cc2c(cc1[N+](=O)[O-])OCCCO2. The predicted molar refractivity (Wildman–Crippen MR) is 116 cm³/mol.